The smallest absolute Gasteiger partial charge is 0.179 e. The minimum absolute atomic E-state index is 0.572. The summed E-state index contributed by atoms with van der Waals surface area (Å²) in [6, 6.07) is 7.80. The average Bonchev–Trinajstić information content (AvgIpc) is 3.21. The number of fused-ring (bicyclic) bond motifs is 1. The van der Waals surface area contributed by atoms with Gasteiger partial charge in [-0.1, -0.05) is 35.0 Å². The quantitative estimate of drug-likeness (QED) is 0.740. The second kappa shape index (κ2) is 5.77. The number of anilines is 1. The van der Waals surface area contributed by atoms with E-state index in [1.165, 1.54) is 12.8 Å². The maximum Gasteiger partial charge on any atom is 0.179 e. The van der Waals surface area contributed by atoms with E-state index in [1.54, 1.807) is 0 Å². The minimum atomic E-state index is 0.572. The summed E-state index contributed by atoms with van der Waals surface area (Å²) in [5.41, 5.74) is 3.57. The predicted octanol–water partition coefficient (Wildman–Crippen LogP) is 2.83. The van der Waals surface area contributed by atoms with Gasteiger partial charge in [0.1, 0.15) is 11.0 Å². The number of benzene rings is 1. The van der Waals surface area contributed by atoms with Crippen molar-refractivity contribution in [1.82, 2.24) is 25.2 Å². The van der Waals surface area contributed by atoms with Crippen LogP contribution >= 0.6 is 11.6 Å². The molecule has 118 valence electrons. The van der Waals surface area contributed by atoms with Crippen molar-refractivity contribution >= 4 is 28.5 Å². The molecule has 0 radical (unpaired) electrons. The number of aryl methyl sites for hydroxylation is 1. The molecule has 23 heavy (non-hydrogen) atoms. The molecule has 0 amide bonds. The molecule has 4 rings (SSSR count). The molecule has 2 aromatic heterocycles. The second-order valence-corrected chi connectivity index (χ2v) is 6.25. The molecule has 3 aromatic rings. The molecular weight excluding hydrogens is 312 g/mol. The Morgan fingerprint density at radius 3 is 2.65 bits per heavy atom. The number of rotatable bonds is 3. The van der Waals surface area contributed by atoms with Gasteiger partial charge in [-0.05, 0) is 31.4 Å². The van der Waals surface area contributed by atoms with Gasteiger partial charge in [0, 0.05) is 18.1 Å². The second-order valence-electron chi connectivity index (χ2n) is 5.84. The summed E-state index contributed by atoms with van der Waals surface area (Å²) >= 11 is 6.29. The molecule has 0 atom stereocenters. The van der Waals surface area contributed by atoms with E-state index in [-0.39, 0.29) is 0 Å². The highest BCUT2D eigenvalue weighted by Crippen LogP contribution is 2.28. The van der Waals surface area contributed by atoms with Crippen LogP contribution in [0.1, 0.15) is 24.1 Å². The van der Waals surface area contributed by atoms with Gasteiger partial charge in [0.15, 0.2) is 5.82 Å². The molecule has 0 aliphatic carbocycles. The van der Waals surface area contributed by atoms with Gasteiger partial charge in [-0.3, -0.25) is 0 Å². The van der Waals surface area contributed by atoms with Crippen LogP contribution in [0.25, 0.3) is 11.0 Å². The summed E-state index contributed by atoms with van der Waals surface area (Å²) in [7, 11) is 0. The maximum absolute atomic E-state index is 6.29. The largest absolute Gasteiger partial charge is 0.353 e. The van der Waals surface area contributed by atoms with Crippen molar-refractivity contribution in [3.63, 3.8) is 0 Å². The molecule has 1 fully saturated rings. The number of halogens is 1. The van der Waals surface area contributed by atoms with Gasteiger partial charge in [0.25, 0.3) is 0 Å². The number of nitrogens with zero attached hydrogens (tertiary/aromatic N) is 6. The molecule has 6 nitrogen and oxygen atoms in total. The Morgan fingerprint density at radius 2 is 1.87 bits per heavy atom. The monoisotopic (exact) mass is 328 g/mol. The van der Waals surface area contributed by atoms with Crippen LogP contribution in [0.3, 0.4) is 0 Å². The van der Waals surface area contributed by atoms with Crippen LogP contribution < -0.4 is 4.90 Å². The Morgan fingerprint density at radius 1 is 1.09 bits per heavy atom. The lowest BCUT2D eigenvalue weighted by atomic mass is 10.2. The van der Waals surface area contributed by atoms with Gasteiger partial charge < -0.3 is 4.90 Å². The molecule has 0 unspecified atom stereocenters. The molecule has 0 saturated carbocycles. The van der Waals surface area contributed by atoms with E-state index in [0.29, 0.717) is 6.54 Å². The van der Waals surface area contributed by atoms with E-state index in [4.69, 9.17) is 11.6 Å². The Hall–Kier alpha value is -2.21. The zero-order chi connectivity index (χ0) is 15.8. The lowest BCUT2D eigenvalue weighted by Gasteiger charge is -2.17. The standard InChI is InChI=1S/C16H17ClN6/c1-11-14-15(16(20-18-11)22-8-4-5-9-22)23(21-19-14)10-12-6-2-3-7-13(12)17/h2-3,6-7H,4-5,8-10H2,1H3. The van der Waals surface area contributed by atoms with Crippen molar-refractivity contribution in [2.24, 2.45) is 0 Å². The summed E-state index contributed by atoms with van der Waals surface area (Å²) < 4.78 is 1.88. The van der Waals surface area contributed by atoms with Crippen LogP contribution in [0.15, 0.2) is 24.3 Å². The first-order valence-corrected chi connectivity index (χ1v) is 8.16. The lowest BCUT2D eigenvalue weighted by Crippen LogP contribution is -2.21. The topological polar surface area (TPSA) is 59.7 Å². The van der Waals surface area contributed by atoms with Gasteiger partial charge in [-0.15, -0.1) is 10.2 Å². The summed E-state index contributed by atoms with van der Waals surface area (Å²) in [4.78, 5) is 2.27. The SMILES string of the molecule is Cc1nnc(N2CCCC2)c2c1nnn2Cc1ccccc1Cl. The third kappa shape index (κ3) is 2.53. The third-order valence-corrected chi connectivity index (χ3v) is 4.64. The third-order valence-electron chi connectivity index (χ3n) is 4.27. The summed E-state index contributed by atoms with van der Waals surface area (Å²) in [6.07, 6.45) is 2.37. The highest BCUT2D eigenvalue weighted by atomic mass is 35.5. The number of aromatic nitrogens is 5. The molecule has 7 heteroatoms. The van der Waals surface area contributed by atoms with E-state index in [2.05, 4.69) is 25.4 Å². The molecule has 1 aliphatic rings. The lowest BCUT2D eigenvalue weighted by molar-refractivity contribution is 0.668. The normalized spacial score (nSPS) is 14.8. The highest BCUT2D eigenvalue weighted by Gasteiger charge is 2.22. The number of hydrogen-bond donors (Lipinski definition) is 0. The Bertz CT molecular complexity index is 853. The Kier molecular flexibility index (Phi) is 3.61. The summed E-state index contributed by atoms with van der Waals surface area (Å²) in [6.45, 7) is 4.49. The molecular formula is C16H17ClN6. The van der Waals surface area contributed by atoms with Gasteiger partial charge in [-0.25, -0.2) is 4.68 Å². The van der Waals surface area contributed by atoms with Gasteiger partial charge in [0.2, 0.25) is 0 Å². The first kappa shape index (κ1) is 14.4. The van der Waals surface area contributed by atoms with Crippen LogP contribution in [0.2, 0.25) is 5.02 Å². The van der Waals surface area contributed by atoms with Gasteiger partial charge in [-0.2, -0.15) is 5.10 Å². The molecule has 0 N–H and O–H groups in total. The van der Waals surface area contributed by atoms with Crippen molar-refractivity contribution in [1.29, 1.82) is 0 Å². The highest BCUT2D eigenvalue weighted by molar-refractivity contribution is 6.31. The molecule has 3 heterocycles. The summed E-state index contributed by atoms with van der Waals surface area (Å²) in [5, 5.41) is 18.1. The van der Waals surface area contributed by atoms with Crippen molar-refractivity contribution in [2.45, 2.75) is 26.3 Å². The van der Waals surface area contributed by atoms with Crippen molar-refractivity contribution in [3.05, 3.63) is 40.5 Å². The fraction of sp³-hybridized carbons (Fsp3) is 0.375. The first-order valence-electron chi connectivity index (χ1n) is 7.79. The van der Waals surface area contributed by atoms with E-state index < -0.39 is 0 Å². The molecule has 0 spiro atoms. The van der Waals surface area contributed by atoms with E-state index in [9.17, 15) is 0 Å². The molecule has 1 aliphatic heterocycles. The molecule has 1 saturated heterocycles. The fourth-order valence-electron chi connectivity index (χ4n) is 3.04. The van der Waals surface area contributed by atoms with E-state index >= 15 is 0 Å². The van der Waals surface area contributed by atoms with Crippen LogP contribution in [0.4, 0.5) is 5.82 Å². The summed E-state index contributed by atoms with van der Waals surface area (Å²) in [5.74, 6) is 0.875. The van der Waals surface area contributed by atoms with Crippen LogP contribution in [-0.2, 0) is 6.54 Å². The van der Waals surface area contributed by atoms with Crippen molar-refractivity contribution in [3.8, 4) is 0 Å². The fourth-order valence-corrected chi connectivity index (χ4v) is 3.23. The van der Waals surface area contributed by atoms with Crippen molar-refractivity contribution < 1.29 is 0 Å². The molecule has 1 aromatic carbocycles. The van der Waals surface area contributed by atoms with E-state index in [0.717, 1.165) is 46.2 Å². The molecule has 0 bridgehead atoms. The van der Waals surface area contributed by atoms with Crippen LogP contribution in [0.5, 0.6) is 0 Å². The van der Waals surface area contributed by atoms with Gasteiger partial charge >= 0.3 is 0 Å². The Balaban J connectivity index is 1.83. The zero-order valence-corrected chi connectivity index (χ0v) is 13.7. The zero-order valence-electron chi connectivity index (χ0n) is 12.9. The minimum Gasteiger partial charge on any atom is -0.353 e. The van der Waals surface area contributed by atoms with Crippen molar-refractivity contribution in [2.75, 3.05) is 18.0 Å². The van der Waals surface area contributed by atoms with Crippen LogP contribution in [0, 0.1) is 6.92 Å². The first-order chi connectivity index (χ1) is 11.2. The van der Waals surface area contributed by atoms with Crippen LogP contribution in [-0.4, -0.2) is 38.3 Å². The Labute approximate surface area is 139 Å². The van der Waals surface area contributed by atoms with Gasteiger partial charge in [0.05, 0.1) is 12.2 Å². The number of hydrogen-bond acceptors (Lipinski definition) is 5. The average molecular weight is 329 g/mol. The van der Waals surface area contributed by atoms with E-state index in [1.807, 2.05) is 35.9 Å². The predicted molar refractivity (Wildman–Crippen MR) is 89.9 cm³/mol. The maximum atomic E-state index is 6.29.